The number of nitrogens with zero attached hydrogens (tertiary/aromatic N) is 2. The molecule has 1 aliphatic heterocycles. The van der Waals surface area contributed by atoms with Gasteiger partial charge in [-0.05, 0) is 67.3 Å². The van der Waals surface area contributed by atoms with E-state index in [0.717, 1.165) is 48.9 Å². The number of allylic oxidation sites excluding steroid dienone is 2. The lowest BCUT2D eigenvalue weighted by atomic mass is 10.1. The van der Waals surface area contributed by atoms with E-state index in [9.17, 15) is 13.0 Å². The highest BCUT2D eigenvalue weighted by Crippen LogP contribution is 2.47. The Morgan fingerprint density at radius 1 is 1.10 bits per heavy atom. The minimum atomic E-state index is -4.31. The van der Waals surface area contributed by atoms with Crippen molar-refractivity contribution in [3.63, 3.8) is 0 Å². The van der Waals surface area contributed by atoms with E-state index >= 15 is 0 Å². The highest BCUT2D eigenvalue weighted by molar-refractivity contribution is 8.03. The summed E-state index contributed by atoms with van der Waals surface area (Å²) in [6.45, 7) is 5.50. The number of anilines is 1. The van der Waals surface area contributed by atoms with Gasteiger partial charge in [-0.15, -0.1) is 0 Å². The number of thioether (sulfide) groups is 1. The van der Waals surface area contributed by atoms with E-state index in [-0.39, 0.29) is 6.42 Å². The molecule has 0 radical (unpaired) electrons. The number of hydrogen-bond acceptors (Lipinski definition) is 7. The van der Waals surface area contributed by atoms with Crippen LogP contribution in [-0.4, -0.2) is 25.3 Å². The van der Waals surface area contributed by atoms with Crippen molar-refractivity contribution in [3.8, 4) is 0 Å². The van der Waals surface area contributed by atoms with Crippen LogP contribution in [0.15, 0.2) is 93.4 Å². The molecule has 5 aromatic rings. The van der Waals surface area contributed by atoms with Gasteiger partial charge in [0.1, 0.15) is 10.5 Å². The van der Waals surface area contributed by atoms with Crippen molar-refractivity contribution in [2.75, 3.05) is 17.2 Å². The van der Waals surface area contributed by atoms with E-state index in [1.807, 2.05) is 24.3 Å². The number of aryl methyl sites for hydroxylation is 2. The summed E-state index contributed by atoms with van der Waals surface area (Å²) in [5.74, 6) is 0.340. The van der Waals surface area contributed by atoms with E-state index < -0.39 is 15.9 Å². The van der Waals surface area contributed by atoms with Gasteiger partial charge in [-0.2, -0.15) is 4.57 Å². The Morgan fingerprint density at radius 3 is 2.73 bits per heavy atom. The van der Waals surface area contributed by atoms with Gasteiger partial charge in [-0.3, -0.25) is 0 Å². The molecule has 0 saturated heterocycles. The van der Waals surface area contributed by atoms with Gasteiger partial charge < -0.3 is 13.9 Å². The van der Waals surface area contributed by atoms with E-state index in [0.29, 0.717) is 6.54 Å². The zero-order valence-electron chi connectivity index (χ0n) is 22.2. The van der Waals surface area contributed by atoms with Gasteiger partial charge in [-0.25, -0.2) is 8.42 Å². The van der Waals surface area contributed by atoms with Crippen LogP contribution in [0.25, 0.3) is 32.6 Å². The number of furan rings is 1. The standard InChI is InChI=1S/C31H28N2O4S3/c1-3-32-25-18-21(2)11-13-27(25)38-29(32)19-23(26-10-6-16-37-26)20-30-33(15-7-17-40(34,35)36)31-24-9-5-4-8-22(24)12-14-28(31)39-30/h4-6,8-14,16,18-20H,3,7,15,17H2,1-2H3. The molecule has 0 atom stereocenters. The summed E-state index contributed by atoms with van der Waals surface area (Å²) < 4.78 is 43.4. The molecular weight excluding hydrogens is 561 g/mol. The van der Waals surface area contributed by atoms with E-state index in [2.05, 4.69) is 77.9 Å². The topological polar surface area (TPSA) is 77.5 Å². The second kappa shape index (κ2) is 10.9. The van der Waals surface area contributed by atoms with Crippen LogP contribution in [0.4, 0.5) is 5.69 Å². The molecule has 0 spiro atoms. The fourth-order valence-electron chi connectivity index (χ4n) is 5.14. The van der Waals surface area contributed by atoms with Crippen LogP contribution in [0, 0.1) is 6.92 Å². The maximum atomic E-state index is 11.4. The summed E-state index contributed by atoms with van der Waals surface area (Å²) in [5.41, 5.74) is 4.38. The molecule has 1 aliphatic rings. The Morgan fingerprint density at radius 2 is 1.95 bits per heavy atom. The average molecular weight is 589 g/mol. The first-order chi connectivity index (χ1) is 19.3. The van der Waals surface area contributed by atoms with E-state index in [1.165, 1.54) is 16.1 Å². The van der Waals surface area contributed by atoms with Gasteiger partial charge >= 0.3 is 0 Å². The van der Waals surface area contributed by atoms with Crippen molar-refractivity contribution in [1.29, 1.82) is 0 Å². The number of thiazole rings is 1. The first-order valence-electron chi connectivity index (χ1n) is 13.1. The lowest BCUT2D eigenvalue weighted by Gasteiger charge is -2.18. The molecule has 0 N–H and O–H groups in total. The fourth-order valence-corrected chi connectivity index (χ4v) is 7.94. The van der Waals surface area contributed by atoms with Gasteiger partial charge in [-0.1, -0.05) is 53.4 Å². The van der Waals surface area contributed by atoms with E-state index in [1.54, 1.807) is 29.4 Å². The number of aromatic nitrogens is 1. The Kier molecular flexibility index (Phi) is 7.31. The number of fused-ring (bicyclic) bond motifs is 4. The first-order valence-corrected chi connectivity index (χ1v) is 16.3. The highest BCUT2D eigenvalue weighted by atomic mass is 32.2. The third kappa shape index (κ3) is 5.34. The van der Waals surface area contributed by atoms with Crippen LogP contribution in [0.5, 0.6) is 0 Å². The molecule has 0 saturated carbocycles. The second-order valence-electron chi connectivity index (χ2n) is 9.72. The monoisotopic (exact) mass is 588 g/mol. The number of benzene rings is 3. The SMILES string of the molecule is CCN1/C(=C/C(=C/c2sc3ccc4ccccc4c3[n+]2CCCS(=O)(=O)[O-])c2ccco2)Sc2ccc(C)cc21. The minimum absolute atomic E-state index is 0.234. The molecule has 0 aliphatic carbocycles. The van der Waals surface area contributed by atoms with Crippen molar-refractivity contribution in [1.82, 2.24) is 0 Å². The van der Waals surface area contributed by atoms with Crippen molar-refractivity contribution >= 4 is 71.5 Å². The van der Waals surface area contributed by atoms with Crippen molar-refractivity contribution in [3.05, 3.63) is 100 Å². The summed E-state index contributed by atoms with van der Waals surface area (Å²) in [4.78, 5) is 3.54. The zero-order valence-corrected chi connectivity index (χ0v) is 24.6. The number of hydrogen-bond donors (Lipinski definition) is 0. The Hall–Kier alpha value is -3.37. The molecule has 2 aromatic heterocycles. The van der Waals surface area contributed by atoms with Gasteiger partial charge in [0.05, 0.1) is 32.5 Å². The first kappa shape index (κ1) is 26.8. The molecule has 6 rings (SSSR count). The molecular formula is C31H28N2O4S3. The maximum Gasteiger partial charge on any atom is 0.263 e. The van der Waals surface area contributed by atoms with Crippen molar-refractivity contribution < 1.29 is 22.0 Å². The van der Waals surface area contributed by atoms with Crippen LogP contribution in [0.1, 0.15) is 29.7 Å². The number of rotatable bonds is 8. The van der Waals surface area contributed by atoms with Crippen LogP contribution in [0.2, 0.25) is 0 Å². The van der Waals surface area contributed by atoms with Gasteiger partial charge in [0.25, 0.3) is 5.01 Å². The van der Waals surface area contributed by atoms with Crippen LogP contribution in [-0.2, 0) is 16.7 Å². The Bertz CT molecular complexity index is 1890. The lowest BCUT2D eigenvalue weighted by Crippen LogP contribution is -2.36. The zero-order chi connectivity index (χ0) is 27.9. The molecule has 0 unspecified atom stereocenters. The summed E-state index contributed by atoms with van der Waals surface area (Å²) in [6, 6.07) is 22.8. The Balaban J connectivity index is 1.51. The largest absolute Gasteiger partial charge is 0.748 e. The fraction of sp³-hybridized carbons (Fsp3) is 0.194. The minimum Gasteiger partial charge on any atom is -0.748 e. The molecule has 3 heterocycles. The van der Waals surface area contributed by atoms with Crippen LogP contribution in [0.3, 0.4) is 0 Å². The third-order valence-corrected chi connectivity index (χ3v) is 9.95. The quantitative estimate of drug-likeness (QED) is 0.141. The van der Waals surface area contributed by atoms with Crippen molar-refractivity contribution in [2.45, 2.75) is 31.7 Å². The predicted octanol–water partition coefficient (Wildman–Crippen LogP) is 7.19. The molecule has 40 heavy (non-hydrogen) atoms. The highest BCUT2D eigenvalue weighted by Gasteiger charge is 2.26. The maximum absolute atomic E-state index is 11.4. The lowest BCUT2D eigenvalue weighted by molar-refractivity contribution is -0.667. The molecule has 3 aromatic carbocycles. The summed E-state index contributed by atoms with van der Waals surface area (Å²) in [5, 5.41) is 4.27. The third-order valence-electron chi connectivity index (χ3n) is 6.96. The van der Waals surface area contributed by atoms with Crippen molar-refractivity contribution in [2.24, 2.45) is 0 Å². The van der Waals surface area contributed by atoms with Gasteiger partial charge in [0.2, 0.25) is 5.52 Å². The van der Waals surface area contributed by atoms with E-state index in [4.69, 9.17) is 4.42 Å². The molecule has 9 heteroatoms. The smallest absolute Gasteiger partial charge is 0.263 e. The second-order valence-corrected chi connectivity index (χ2v) is 13.4. The summed E-state index contributed by atoms with van der Waals surface area (Å²) in [7, 11) is -4.31. The molecule has 6 nitrogen and oxygen atoms in total. The van der Waals surface area contributed by atoms with Gasteiger partial charge in [0.15, 0.2) is 6.54 Å². The molecule has 0 bridgehead atoms. The summed E-state index contributed by atoms with van der Waals surface area (Å²) >= 11 is 3.38. The van der Waals surface area contributed by atoms with Crippen LogP contribution < -0.4 is 9.47 Å². The Labute approximate surface area is 242 Å². The van der Waals surface area contributed by atoms with Crippen LogP contribution >= 0.6 is 23.1 Å². The molecule has 0 amide bonds. The normalized spacial score (nSPS) is 15.0. The molecule has 0 fully saturated rings. The predicted molar refractivity (Wildman–Crippen MR) is 163 cm³/mol. The molecule has 204 valence electrons. The van der Waals surface area contributed by atoms with Gasteiger partial charge in [0, 0.05) is 35.3 Å². The average Bonchev–Trinajstić information content (AvgIpc) is 3.65. The summed E-state index contributed by atoms with van der Waals surface area (Å²) in [6.07, 6.45) is 6.18.